The molecule has 2 rings (SSSR count). The molecule has 1 heterocycles. The Kier molecular flexibility index (Phi) is 4.96. The van der Waals surface area contributed by atoms with Gasteiger partial charge in [-0.25, -0.2) is 13.1 Å². The number of hydrogen-bond acceptors (Lipinski definition) is 3. The molecule has 0 spiro atoms. The number of hydrogen-bond donors (Lipinski definition) is 1. The molecular weight excluding hydrogens is 262 g/mol. The fourth-order valence-electron chi connectivity index (χ4n) is 2.32. The van der Waals surface area contributed by atoms with Crippen LogP contribution < -0.4 is 4.72 Å². The topological polar surface area (TPSA) is 55.4 Å². The smallest absolute Gasteiger partial charge is 0.215 e. The van der Waals surface area contributed by atoms with Crippen LogP contribution in [0.2, 0.25) is 0 Å². The molecule has 19 heavy (non-hydrogen) atoms. The van der Waals surface area contributed by atoms with Crippen molar-refractivity contribution in [2.24, 2.45) is 0 Å². The number of benzene rings is 1. The molecule has 1 aromatic carbocycles. The van der Waals surface area contributed by atoms with Gasteiger partial charge in [-0.2, -0.15) is 0 Å². The minimum absolute atomic E-state index is 0.0419. The van der Waals surface area contributed by atoms with Gasteiger partial charge in [-0.05, 0) is 31.7 Å². The lowest BCUT2D eigenvalue weighted by atomic mass is 10.2. The molecule has 0 aliphatic carbocycles. The molecule has 0 amide bonds. The highest BCUT2D eigenvalue weighted by molar-refractivity contribution is 7.88. The SMILES string of the molecule is Cc1cccc(CS(=O)(=O)NCCC2CCCO2)c1. The Labute approximate surface area is 115 Å². The Hall–Kier alpha value is -0.910. The zero-order chi connectivity index (χ0) is 13.7. The third-order valence-corrected chi connectivity index (χ3v) is 4.61. The first kappa shape index (κ1) is 14.5. The molecule has 1 atom stereocenters. The van der Waals surface area contributed by atoms with Gasteiger partial charge in [0, 0.05) is 13.2 Å². The summed E-state index contributed by atoms with van der Waals surface area (Å²) >= 11 is 0. The van der Waals surface area contributed by atoms with E-state index in [2.05, 4.69) is 4.72 Å². The summed E-state index contributed by atoms with van der Waals surface area (Å²) in [5.41, 5.74) is 1.90. The Morgan fingerprint density at radius 3 is 2.95 bits per heavy atom. The maximum Gasteiger partial charge on any atom is 0.215 e. The predicted octanol–water partition coefficient (Wildman–Crippen LogP) is 1.98. The highest BCUT2D eigenvalue weighted by atomic mass is 32.2. The van der Waals surface area contributed by atoms with E-state index in [0.29, 0.717) is 6.54 Å². The van der Waals surface area contributed by atoms with Crippen molar-refractivity contribution in [1.29, 1.82) is 0 Å². The van der Waals surface area contributed by atoms with Crippen LogP contribution in [0.25, 0.3) is 0 Å². The molecule has 0 saturated carbocycles. The Bertz CT molecular complexity index is 507. The lowest BCUT2D eigenvalue weighted by Gasteiger charge is -2.10. The maximum atomic E-state index is 11.9. The summed E-state index contributed by atoms with van der Waals surface area (Å²) in [6, 6.07) is 7.58. The molecule has 1 unspecified atom stereocenters. The van der Waals surface area contributed by atoms with E-state index in [-0.39, 0.29) is 11.9 Å². The molecule has 106 valence electrons. The van der Waals surface area contributed by atoms with Crippen molar-refractivity contribution < 1.29 is 13.2 Å². The van der Waals surface area contributed by atoms with Gasteiger partial charge in [0.2, 0.25) is 10.0 Å². The third kappa shape index (κ3) is 4.93. The summed E-state index contributed by atoms with van der Waals surface area (Å²) in [5, 5.41) is 0. The molecule has 0 bridgehead atoms. The van der Waals surface area contributed by atoms with Crippen LogP contribution in [-0.2, 0) is 20.5 Å². The number of rotatable bonds is 6. The van der Waals surface area contributed by atoms with Crippen LogP contribution in [0.15, 0.2) is 24.3 Å². The zero-order valence-corrected chi connectivity index (χ0v) is 12.1. The highest BCUT2D eigenvalue weighted by Gasteiger charge is 2.17. The van der Waals surface area contributed by atoms with Gasteiger partial charge in [0.25, 0.3) is 0 Å². The number of aryl methyl sites for hydroxylation is 1. The highest BCUT2D eigenvalue weighted by Crippen LogP contribution is 2.14. The standard InChI is InChI=1S/C14H21NO3S/c1-12-4-2-5-13(10-12)11-19(16,17)15-8-7-14-6-3-9-18-14/h2,4-5,10,14-15H,3,6-9,11H2,1H3. The first-order chi connectivity index (χ1) is 9.05. The summed E-state index contributed by atoms with van der Waals surface area (Å²) in [6.07, 6.45) is 3.11. The van der Waals surface area contributed by atoms with Crippen LogP contribution in [0, 0.1) is 6.92 Å². The average Bonchev–Trinajstić information content (AvgIpc) is 2.81. The van der Waals surface area contributed by atoms with Crippen LogP contribution in [-0.4, -0.2) is 27.7 Å². The van der Waals surface area contributed by atoms with Crippen molar-refractivity contribution in [1.82, 2.24) is 4.72 Å². The second kappa shape index (κ2) is 6.50. The lowest BCUT2D eigenvalue weighted by molar-refractivity contribution is 0.105. The number of ether oxygens (including phenoxy) is 1. The van der Waals surface area contributed by atoms with Crippen LogP contribution in [0.1, 0.15) is 30.4 Å². The second-order valence-corrected chi connectivity index (χ2v) is 6.87. The second-order valence-electron chi connectivity index (χ2n) is 5.07. The zero-order valence-electron chi connectivity index (χ0n) is 11.3. The van der Waals surface area contributed by atoms with E-state index in [4.69, 9.17) is 4.74 Å². The summed E-state index contributed by atoms with van der Waals surface area (Å²) in [4.78, 5) is 0. The van der Waals surface area contributed by atoms with Crippen molar-refractivity contribution >= 4 is 10.0 Å². The van der Waals surface area contributed by atoms with Gasteiger partial charge in [-0.15, -0.1) is 0 Å². The van der Waals surface area contributed by atoms with Gasteiger partial charge in [0.15, 0.2) is 0 Å². The summed E-state index contributed by atoms with van der Waals surface area (Å²) in [6.45, 7) is 3.22. The monoisotopic (exact) mass is 283 g/mol. The average molecular weight is 283 g/mol. The molecule has 0 aromatic heterocycles. The van der Waals surface area contributed by atoms with E-state index in [1.165, 1.54) is 0 Å². The largest absolute Gasteiger partial charge is 0.378 e. The van der Waals surface area contributed by atoms with Crippen molar-refractivity contribution in [3.8, 4) is 0 Å². The predicted molar refractivity (Wildman–Crippen MR) is 75.4 cm³/mol. The number of nitrogens with one attached hydrogen (secondary N) is 1. The molecule has 1 N–H and O–H groups in total. The normalized spacial score (nSPS) is 19.7. The van der Waals surface area contributed by atoms with Crippen molar-refractivity contribution in [2.75, 3.05) is 13.2 Å². The summed E-state index contributed by atoms with van der Waals surface area (Å²) < 4.78 is 32.0. The van der Waals surface area contributed by atoms with Gasteiger partial charge >= 0.3 is 0 Å². The molecule has 1 aliphatic heterocycles. The van der Waals surface area contributed by atoms with E-state index in [9.17, 15) is 8.42 Å². The third-order valence-electron chi connectivity index (χ3n) is 3.25. The Morgan fingerprint density at radius 1 is 1.42 bits per heavy atom. The van der Waals surface area contributed by atoms with Crippen LogP contribution in [0.4, 0.5) is 0 Å². The molecule has 4 nitrogen and oxygen atoms in total. The van der Waals surface area contributed by atoms with Gasteiger partial charge in [0.05, 0.1) is 11.9 Å². The van der Waals surface area contributed by atoms with E-state index in [1.807, 2.05) is 31.2 Å². The van der Waals surface area contributed by atoms with Crippen molar-refractivity contribution in [3.05, 3.63) is 35.4 Å². The van der Waals surface area contributed by atoms with Crippen LogP contribution in [0.5, 0.6) is 0 Å². The molecule has 1 aromatic rings. The maximum absolute atomic E-state index is 11.9. The van der Waals surface area contributed by atoms with E-state index >= 15 is 0 Å². The fraction of sp³-hybridized carbons (Fsp3) is 0.571. The molecule has 1 saturated heterocycles. The minimum atomic E-state index is -3.25. The number of sulfonamides is 1. The van der Waals surface area contributed by atoms with Crippen molar-refractivity contribution in [3.63, 3.8) is 0 Å². The quantitative estimate of drug-likeness (QED) is 0.868. The van der Waals surface area contributed by atoms with E-state index < -0.39 is 10.0 Å². The molecular formula is C14H21NO3S. The van der Waals surface area contributed by atoms with E-state index in [0.717, 1.165) is 37.0 Å². The molecule has 1 aliphatic rings. The lowest BCUT2D eigenvalue weighted by Crippen LogP contribution is -2.28. The molecule has 1 fully saturated rings. The van der Waals surface area contributed by atoms with Gasteiger partial charge in [-0.1, -0.05) is 29.8 Å². The minimum Gasteiger partial charge on any atom is -0.378 e. The van der Waals surface area contributed by atoms with E-state index in [1.54, 1.807) is 0 Å². The van der Waals surface area contributed by atoms with Crippen LogP contribution in [0.3, 0.4) is 0 Å². The summed E-state index contributed by atoms with van der Waals surface area (Å²) in [5.74, 6) is 0.0419. The van der Waals surface area contributed by atoms with Gasteiger partial charge in [-0.3, -0.25) is 0 Å². The van der Waals surface area contributed by atoms with Crippen LogP contribution >= 0.6 is 0 Å². The van der Waals surface area contributed by atoms with Crippen molar-refractivity contribution in [2.45, 2.75) is 38.0 Å². The summed E-state index contributed by atoms with van der Waals surface area (Å²) in [7, 11) is -3.25. The molecule has 0 radical (unpaired) electrons. The first-order valence-electron chi connectivity index (χ1n) is 6.70. The van der Waals surface area contributed by atoms with Gasteiger partial charge < -0.3 is 4.74 Å². The molecule has 5 heteroatoms. The fourth-order valence-corrected chi connectivity index (χ4v) is 3.47. The first-order valence-corrected chi connectivity index (χ1v) is 8.35. The van der Waals surface area contributed by atoms with Gasteiger partial charge in [0.1, 0.15) is 0 Å². The Balaban J connectivity index is 1.81. The Morgan fingerprint density at radius 2 is 2.26 bits per heavy atom.